The number of nitrogens with one attached hydrogen (secondary N) is 1. The van der Waals surface area contributed by atoms with Gasteiger partial charge in [-0.25, -0.2) is 0 Å². The van der Waals surface area contributed by atoms with E-state index in [0.29, 0.717) is 24.0 Å². The van der Waals surface area contributed by atoms with Crippen LogP contribution in [-0.2, 0) is 11.3 Å². The number of nitrogens with two attached hydrogens (primary N) is 1. The number of anilines is 1. The van der Waals surface area contributed by atoms with Gasteiger partial charge < -0.3 is 25.6 Å². The van der Waals surface area contributed by atoms with Crippen LogP contribution in [0.5, 0.6) is 11.5 Å². The standard InChI is InChI=1S/C15H20N2O4/c16-12-6-14-13(20-8-21-14)5-10(12)7-17-11-3-1-9(2-4-11)15(18)19/h5-6,9,11,17H,1-4,7-8,16H2,(H,18,19)/t9-,11-. The highest BCUT2D eigenvalue weighted by atomic mass is 16.7. The van der Waals surface area contributed by atoms with Gasteiger partial charge in [-0.15, -0.1) is 0 Å². The summed E-state index contributed by atoms with van der Waals surface area (Å²) in [5.74, 6) is 0.570. The lowest BCUT2D eigenvalue weighted by atomic mass is 9.86. The Bertz CT molecular complexity index is 539. The zero-order chi connectivity index (χ0) is 14.8. The van der Waals surface area contributed by atoms with Crippen molar-refractivity contribution in [2.45, 2.75) is 38.3 Å². The molecular formula is C15H20N2O4. The van der Waals surface area contributed by atoms with E-state index >= 15 is 0 Å². The van der Waals surface area contributed by atoms with Gasteiger partial charge >= 0.3 is 5.97 Å². The minimum absolute atomic E-state index is 0.182. The summed E-state index contributed by atoms with van der Waals surface area (Å²) in [6.07, 6.45) is 3.26. The zero-order valence-electron chi connectivity index (χ0n) is 11.8. The molecule has 1 saturated carbocycles. The van der Waals surface area contributed by atoms with Crippen molar-refractivity contribution in [3.63, 3.8) is 0 Å². The van der Waals surface area contributed by atoms with E-state index < -0.39 is 5.97 Å². The first-order valence-electron chi connectivity index (χ1n) is 7.27. The Morgan fingerprint density at radius 3 is 2.57 bits per heavy atom. The first-order chi connectivity index (χ1) is 10.1. The molecule has 6 heteroatoms. The number of hydrogen-bond donors (Lipinski definition) is 3. The monoisotopic (exact) mass is 292 g/mol. The third-order valence-corrected chi connectivity index (χ3v) is 4.29. The lowest BCUT2D eigenvalue weighted by Gasteiger charge is -2.27. The van der Waals surface area contributed by atoms with E-state index in [0.717, 1.165) is 37.0 Å². The van der Waals surface area contributed by atoms with Crippen molar-refractivity contribution in [3.8, 4) is 11.5 Å². The van der Waals surface area contributed by atoms with Gasteiger partial charge in [0.05, 0.1) is 5.92 Å². The van der Waals surface area contributed by atoms with E-state index in [4.69, 9.17) is 20.3 Å². The van der Waals surface area contributed by atoms with E-state index in [2.05, 4.69) is 5.32 Å². The average Bonchev–Trinajstić information content (AvgIpc) is 2.92. The summed E-state index contributed by atoms with van der Waals surface area (Å²) in [6.45, 7) is 0.899. The molecule has 1 aliphatic heterocycles. The molecule has 0 atom stereocenters. The number of fused-ring (bicyclic) bond motifs is 1. The van der Waals surface area contributed by atoms with Crippen LogP contribution in [0.1, 0.15) is 31.2 Å². The molecule has 0 bridgehead atoms. The molecule has 0 aromatic heterocycles. The minimum atomic E-state index is -0.673. The van der Waals surface area contributed by atoms with Crippen LogP contribution in [0.4, 0.5) is 5.69 Å². The van der Waals surface area contributed by atoms with Crippen molar-refractivity contribution in [3.05, 3.63) is 17.7 Å². The molecule has 114 valence electrons. The number of ether oxygens (including phenoxy) is 2. The first kappa shape index (κ1) is 14.0. The van der Waals surface area contributed by atoms with Gasteiger partial charge in [-0.3, -0.25) is 4.79 Å². The third-order valence-electron chi connectivity index (χ3n) is 4.29. The summed E-state index contributed by atoms with van der Waals surface area (Å²) in [6, 6.07) is 4.05. The lowest BCUT2D eigenvalue weighted by Crippen LogP contribution is -2.34. The maximum Gasteiger partial charge on any atom is 0.306 e. The fourth-order valence-electron chi connectivity index (χ4n) is 2.95. The Morgan fingerprint density at radius 2 is 1.90 bits per heavy atom. The molecule has 1 heterocycles. The summed E-state index contributed by atoms with van der Waals surface area (Å²) >= 11 is 0. The van der Waals surface area contributed by atoms with Crippen molar-refractivity contribution >= 4 is 11.7 Å². The highest BCUT2D eigenvalue weighted by Crippen LogP contribution is 2.36. The SMILES string of the molecule is Nc1cc2c(cc1CN[C@H]1CC[C@H](C(=O)O)CC1)OCO2. The van der Waals surface area contributed by atoms with E-state index in [1.54, 1.807) is 6.07 Å². The summed E-state index contributed by atoms with van der Waals surface area (Å²) in [5.41, 5.74) is 7.69. The predicted molar refractivity (Wildman–Crippen MR) is 77.2 cm³/mol. The fraction of sp³-hybridized carbons (Fsp3) is 0.533. The smallest absolute Gasteiger partial charge is 0.306 e. The summed E-state index contributed by atoms with van der Waals surface area (Å²) in [4.78, 5) is 10.9. The van der Waals surface area contributed by atoms with Crippen LogP contribution in [0.2, 0.25) is 0 Å². The Morgan fingerprint density at radius 1 is 1.24 bits per heavy atom. The van der Waals surface area contributed by atoms with Crippen LogP contribution in [0, 0.1) is 5.92 Å². The Kier molecular flexibility index (Phi) is 3.88. The molecule has 1 aromatic carbocycles. The van der Waals surface area contributed by atoms with Crippen molar-refractivity contribution in [2.75, 3.05) is 12.5 Å². The minimum Gasteiger partial charge on any atom is -0.481 e. The zero-order valence-corrected chi connectivity index (χ0v) is 11.8. The molecule has 1 aromatic rings. The van der Waals surface area contributed by atoms with Gasteiger partial charge in [-0.2, -0.15) is 0 Å². The third kappa shape index (κ3) is 3.05. The number of aliphatic carboxylic acids is 1. The molecule has 1 aliphatic carbocycles. The normalized spacial score (nSPS) is 24.0. The van der Waals surface area contributed by atoms with Crippen LogP contribution in [0.3, 0.4) is 0 Å². The maximum atomic E-state index is 10.9. The molecular weight excluding hydrogens is 272 g/mol. The fourth-order valence-corrected chi connectivity index (χ4v) is 2.95. The molecule has 21 heavy (non-hydrogen) atoms. The van der Waals surface area contributed by atoms with Crippen molar-refractivity contribution < 1.29 is 19.4 Å². The maximum absolute atomic E-state index is 10.9. The van der Waals surface area contributed by atoms with E-state index in [-0.39, 0.29) is 12.7 Å². The molecule has 0 unspecified atom stereocenters. The predicted octanol–water partition coefficient (Wildman–Crippen LogP) is 1.73. The lowest BCUT2D eigenvalue weighted by molar-refractivity contribution is -0.142. The highest BCUT2D eigenvalue weighted by Gasteiger charge is 2.25. The second-order valence-corrected chi connectivity index (χ2v) is 5.67. The van der Waals surface area contributed by atoms with Crippen LogP contribution in [0.15, 0.2) is 12.1 Å². The van der Waals surface area contributed by atoms with Gasteiger partial charge in [0.15, 0.2) is 11.5 Å². The average molecular weight is 292 g/mol. The largest absolute Gasteiger partial charge is 0.481 e. The topological polar surface area (TPSA) is 93.8 Å². The molecule has 2 aliphatic rings. The van der Waals surface area contributed by atoms with E-state index in [1.807, 2.05) is 6.07 Å². The number of carbonyl (C=O) groups is 1. The van der Waals surface area contributed by atoms with Gasteiger partial charge in [0, 0.05) is 24.3 Å². The number of carboxylic acids is 1. The number of rotatable bonds is 4. The Labute approximate surface area is 123 Å². The summed E-state index contributed by atoms with van der Waals surface area (Å²) < 4.78 is 10.6. The van der Waals surface area contributed by atoms with Gasteiger partial charge in [-0.05, 0) is 37.3 Å². The van der Waals surface area contributed by atoms with Gasteiger partial charge in [-0.1, -0.05) is 0 Å². The van der Waals surface area contributed by atoms with Crippen molar-refractivity contribution in [2.24, 2.45) is 5.92 Å². The number of carboxylic acid groups (broad SMARTS) is 1. The van der Waals surface area contributed by atoms with Gasteiger partial charge in [0.25, 0.3) is 0 Å². The number of nitrogen functional groups attached to an aromatic ring is 1. The first-order valence-corrected chi connectivity index (χ1v) is 7.27. The number of benzene rings is 1. The van der Waals surface area contributed by atoms with Crippen LogP contribution < -0.4 is 20.5 Å². The molecule has 0 radical (unpaired) electrons. The van der Waals surface area contributed by atoms with Crippen LogP contribution >= 0.6 is 0 Å². The number of hydrogen-bond acceptors (Lipinski definition) is 5. The molecule has 1 fully saturated rings. The van der Waals surface area contributed by atoms with Crippen LogP contribution in [-0.4, -0.2) is 23.9 Å². The van der Waals surface area contributed by atoms with Gasteiger partial charge in [0.1, 0.15) is 0 Å². The molecule has 3 rings (SSSR count). The molecule has 6 nitrogen and oxygen atoms in total. The second-order valence-electron chi connectivity index (χ2n) is 5.67. The highest BCUT2D eigenvalue weighted by molar-refractivity contribution is 5.70. The van der Waals surface area contributed by atoms with Crippen LogP contribution in [0.25, 0.3) is 0 Å². The van der Waals surface area contributed by atoms with E-state index in [9.17, 15) is 4.79 Å². The molecule has 0 spiro atoms. The molecule has 0 saturated heterocycles. The van der Waals surface area contributed by atoms with Gasteiger partial charge in [0.2, 0.25) is 6.79 Å². The van der Waals surface area contributed by atoms with Crippen molar-refractivity contribution in [1.82, 2.24) is 5.32 Å². The summed E-state index contributed by atoms with van der Waals surface area (Å²) in [7, 11) is 0. The quantitative estimate of drug-likeness (QED) is 0.732. The second kappa shape index (κ2) is 5.81. The van der Waals surface area contributed by atoms with E-state index in [1.165, 1.54) is 0 Å². The van der Waals surface area contributed by atoms with Crippen molar-refractivity contribution in [1.29, 1.82) is 0 Å². The Balaban J connectivity index is 1.55. The molecule has 0 amide bonds. The molecule has 4 N–H and O–H groups in total. The summed E-state index contributed by atoms with van der Waals surface area (Å²) in [5, 5.41) is 12.5. The Hall–Kier alpha value is -1.95.